The molecular weight excluding hydrogens is 384 g/mol. The monoisotopic (exact) mass is 416 g/mol. The average molecular weight is 417 g/mol. The van der Waals surface area contributed by atoms with Crippen molar-refractivity contribution in [3.8, 4) is 0 Å². The predicted molar refractivity (Wildman–Crippen MR) is 117 cm³/mol. The van der Waals surface area contributed by atoms with Crippen LogP contribution < -0.4 is 4.31 Å². The molecule has 0 unspecified atom stereocenters. The molecule has 0 spiro atoms. The molecule has 1 aromatic carbocycles. The van der Waals surface area contributed by atoms with Crippen LogP contribution in [0.1, 0.15) is 63.9 Å². The Labute approximate surface area is 174 Å². The molecular formula is C23H32N2O3S. The summed E-state index contributed by atoms with van der Waals surface area (Å²) in [4.78, 5) is 15.1. The minimum atomic E-state index is -3.16. The number of sulfonamides is 1. The number of hydrogen-bond donors (Lipinski definition) is 0. The molecule has 1 aromatic rings. The summed E-state index contributed by atoms with van der Waals surface area (Å²) in [6, 6.07) is 8.26. The molecule has 1 saturated heterocycles. The van der Waals surface area contributed by atoms with Gasteiger partial charge in [-0.25, -0.2) is 8.42 Å². The lowest BCUT2D eigenvalue weighted by molar-refractivity contribution is -0.129. The van der Waals surface area contributed by atoms with Gasteiger partial charge in [-0.3, -0.25) is 9.10 Å². The molecule has 4 rings (SSSR count). The van der Waals surface area contributed by atoms with Crippen molar-refractivity contribution < 1.29 is 13.2 Å². The van der Waals surface area contributed by atoms with Gasteiger partial charge in [-0.2, -0.15) is 0 Å². The minimum Gasteiger partial charge on any atom is -0.333 e. The summed E-state index contributed by atoms with van der Waals surface area (Å²) in [5.41, 5.74) is 1.63. The molecule has 29 heavy (non-hydrogen) atoms. The van der Waals surface area contributed by atoms with E-state index in [4.69, 9.17) is 0 Å². The van der Waals surface area contributed by atoms with Gasteiger partial charge in [0.1, 0.15) is 0 Å². The maximum absolute atomic E-state index is 13.0. The summed E-state index contributed by atoms with van der Waals surface area (Å²) in [5, 5.41) is 0. The van der Waals surface area contributed by atoms with E-state index in [0.717, 1.165) is 37.2 Å². The van der Waals surface area contributed by atoms with Crippen LogP contribution in [0.4, 0.5) is 5.69 Å². The molecule has 0 radical (unpaired) electrons. The van der Waals surface area contributed by atoms with E-state index in [-0.39, 0.29) is 11.7 Å². The first-order chi connectivity index (χ1) is 14.0. The molecule has 2 saturated carbocycles. The summed E-state index contributed by atoms with van der Waals surface area (Å²) < 4.78 is 25.6. The zero-order chi connectivity index (χ0) is 20.4. The van der Waals surface area contributed by atoms with Crippen LogP contribution in [0.2, 0.25) is 0 Å². The second-order valence-electron chi connectivity index (χ2n) is 8.73. The van der Waals surface area contributed by atoms with Crippen LogP contribution in [0.3, 0.4) is 0 Å². The SMILES string of the molecule is CCC1CCC(N(C(=O)/C=C/c2ccc(N3CCCS3(=O)=O)cc2)C2CC2)CC1. The van der Waals surface area contributed by atoms with Gasteiger partial charge in [-0.15, -0.1) is 0 Å². The standard InChI is InChI=1S/C23H32N2O3S/c1-2-18-4-11-21(12-5-18)25(22-13-14-22)23(26)15-8-19-6-9-20(10-7-19)24-16-3-17-29(24,27)28/h6-10,15,18,21-22H,2-5,11-14,16-17H2,1H3/b15-8+. The van der Waals surface area contributed by atoms with E-state index in [1.54, 1.807) is 6.08 Å². The molecule has 3 fully saturated rings. The van der Waals surface area contributed by atoms with Crippen molar-refractivity contribution in [3.63, 3.8) is 0 Å². The lowest BCUT2D eigenvalue weighted by atomic mass is 9.84. The minimum absolute atomic E-state index is 0.124. The number of anilines is 1. The highest BCUT2D eigenvalue weighted by atomic mass is 32.2. The van der Waals surface area contributed by atoms with Crippen LogP contribution in [0.5, 0.6) is 0 Å². The van der Waals surface area contributed by atoms with E-state index in [1.165, 1.54) is 23.6 Å². The average Bonchev–Trinajstić information content (AvgIpc) is 3.49. The van der Waals surface area contributed by atoms with Gasteiger partial charge < -0.3 is 4.90 Å². The summed E-state index contributed by atoms with van der Waals surface area (Å²) in [5.74, 6) is 1.18. The normalized spacial score (nSPS) is 26.7. The fourth-order valence-electron chi connectivity index (χ4n) is 4.78. The van der Waals surface area contributed by atoms with Gasteiger partial charge in [0.25, 0.3) is 0 Å². The molecule has 5 nitrogen and oxygen atoms in total. The van der Waals surface area contributed by atoms with Crippen molar-refractivity contribution in [1.29, 1.82) is 0 Å². The number of amides is 1. The first-order valence-electron chi connectivity index (χ1n) is 11.1. The fraction of sp³-hybridized carbons (Fsp3) is 0.609. The van der Waals surface area contributed by atoms with Crippen molar-refractivity contribution in [1.82, 2.24) is 4.90 Å². The Hall–Kier alpha value is -1.82. The van der Waals surface area contributed by atoms with Gasteiger partial charge in [0, 0.05) is 24.7 Å². The van der Waals surface area contributed by atoms with Crippen molar-refractivity contribution in [2.24, 2.45) is 5.92 Å². The van der Waals surface area contributed by atoms with Gasteiger partial charge >= 0.3 is 0 Å². The maximum atomic E-state index is 13.0. The summed E-state index contributed by atoms with van der Waals surface area (Å²) >= 11 is 0. The number of hydrogen-bond acceptors (Lipinski definition) is 3. The Morgan fingerprint density at radius 1 is 1.07 bits per heavy atom. The second kappa shape index (κ2) is 8.50. The largest absolute Gasteiger partial charge is 0.333 e. The quantitative estimate of drug-likeness (QED) is 0.653. The van der Waals surface area contributed by atoms with E-state index in [1.807, 2.05) is 30.3 Å². The van der Waals surface area contributed by atoms with Gasteiger partial charge in [0.05, 0.1) is 11.4 Å². The molecule has 3 aliphatic rings. The van der Waals surface area contributed by atoms with Gasteiger partial charge in [-0.1, -0.05) is 25.5 Å². The lowest BCUT2D eigenvalue weighted by Crippen LogP contribution is -2.43. The Kier molecular flexibility index (Phi) is 6.00. The molecule has 0 atom stereocenters. The third-order valence-corrected chi connectivity index (χ3v) is 8.55. The molecule has 0 bridgehead atoms. The molecule has 1 aliphatic heterocycles. The molecule has 2 aliphatic carbocycles. The highest BCUT2D eigenvalue weighted by molar-refractivity contribution is 7.93. The Morgan fingerprint density at radius 3 is 2.21 bits per heavy atom. The lowest BCUT2D eigenvalue weighted by Gasteiger charge is -2.36. The van der Waals surface area contributed by atoms with Crippen LogP contribution >= 0.6 is 0 Å². The topological polar surface area (TPSA) is 57.7 Å². The van der Waals surface area contributed by atoms with Gasteiger partial charge in [0.15, 0.2) is 0 Å². The fourth-order valence-corrected chi connectivity index (χ4v) is 6.34. The highest BCUT2D eigenvalue weighted by Crippen LogP contribution is 2.36. The van der Waals surface area contributed by atoms with Crippen LogP contribution in [0, 0.1) is 5.92 Å². The zero-order valence-corrected chi connectivity index (χ0v) is 18.1. The molecule has 1 heterocycles. The molecule has 1 amide bonds. The molecule has 0 N–H and O–H groups in total. The smallest absolute Gasteiger partial charge is 0.247 e. The number of nitrogens with zero attached hydrogens (tertiary/aromatic N) is 2. The van der Waals surface area contributed by atoms with E-state index >= 15 is 0 Å². The van der Waals surface area contributed by atoms with Crippen LogP contribution in [-0.2, 0) is 14.8 Å². The summed E-state index contributed by atoms with van der Waals surface area (Å²) in [6.07, 6.45) is 12.5. The summed E-state index contributed by atoms with van der Waals surface area (Å²) in [7, 11) is -3.16. The zero-order valence-electron chi connectivity index (χ0n) is 17.3. The predicted octanol–water partition coefficient (Wildman–Crippen LogP) is 4.20. The Balaban J connectivity index is 1.40. The summed E-state index contributed by atoms with van der Waals surface area (Å²) in [6.45, 7) is 2.81. The molecule has 0 aromatic heterocycles. The molecule has 6 heteroatoms. The second-order valence-corrected chi connectivity index (χ2v) is 10.7. The first kappa shape index (κ1) is 20.5. The number of carbonyl (C=O) groups is 1. The van der Waals surface area contributed by atoms with Crippen LogP contribution in [0.25, 0.3) is 6.08 Å². The molecule has 158 valence electrons. The van der Waals surface area contributed by atoms with Crippen molar-refractivity contribution >= 4 is 27.7 Å². The third-order valence-electron chi connectivity index (χ3n) is 6.68. The van der Waals surface area contributed by atoms with E-state index < -0.39 is 10.0 Å². The third kappa shape index (κ3) is 4.68. The van der Waals surface area contributed by atoms with Crippen molar-refractivity contribution in [2.75, 3.05) is 16.6 Å². The van der Waals surface area contributed by atoms with E-state index in [0.29, 0.717) is 30.7 Å². The van der Waals surface area contributed by atoms with Gasteiger partial charge in [0.2, 0.25) is 15.9 Å². The number of rotatable bonds is 6. The van der Waals surface area contributed by atoms with E-state index in [2.05, 4.69) is 11.8 Å². The number of benzene rings is 1. The van der Waals surface area contributed by atoms with Crippen LogP contribution in [-0.4, -0.2) is 43.6 Å². The van der Waals surface area contributed by atoms with Crippen molar-refractivity contribution in [2.45, 2.75) is 70.4 Å². The number of carbonyl (C=O) groups excluding carboxylic acids is 1. The maximum Gasteiger partial charge on any atom is 0.247 e. The van der Waals surface area contributed by atoms with Gasteiger partial charge in [-0.05, 0) is 74.6 Å². The highest BCUT2D eigenvalue weighted by Gasteiger charge is 2.37. The van der Waals surface area contributed by atoms with E-state index in [9.17, 15) is 13.2 Å². The Morgan fingerprint density at radius 2 is 1.69 bits per heavy atom. The first-order valence-corrected chi connectivity index (χ1v) is 12.7. The van der Waals surface area contributed by atoms with Crippen LogP contribution in [0.15, 0.2) is 30.3 Å². The van der Waals surface area contributed by atoms with Crippen molar-refractivity contribution in [3.05, 3.63) is 35.9 Å². The Bertz CT molecular complexity index is 851.